The number of unbranched alkanes of at least 4 members (excludes halogenated alkanes) is 4. The van der Waals surface area contributed by atoms with E-state index in [1.54, 1.807) is 0 Å². The fourth-order valence-corrected chi connectivity index (χ4v) is 4.19. The van der Waals surface area contributed by atoms with E-state index in [9.17, 15) is 9.90 Å². The van der Waals surface area contributed by atoms with E-state index in [0.717, 1.165) is 41.5 Å². The van der Waals surface area contributed by atoms with Crippen molar-refractivity contribution in [3.63, 3.8) is 0 Å². The highest BCUT2D eigenvalue weighted by Crippen LogP contribution is 2.38. The van der Waals surface area contributed by atoms with Crippen molar-refractivity contribution in [2.45, 2.75) is 56.8 Å². The van der Waals surface area contributed by atoms with Crippen LogP contribution in [-0.4, -0.2) is 10.9 Å². The molecule has 0 radical (unpaired) electrons. The Morgan fingerprint density at radius 3 is 2.86 bits per heavy atom. The molecule has 2 aromatic rings. The van der Waals surface area contributed by atoms with E-state index in [-0.39, 0.29) is 11.4 Å². The summed E-state index contributed by atoms with van der Waals surface area (Å²) in [5.74, 6) is 1.14. The van der Waals surface area contributed by atoms with Gasteiger partial charge in [0.25, 0.3) is 0 Å². The summed E-state index contributed by atoms with van der Waals surface area (Å²) in [5, 5.41) is 11.1. The number of phenolic OH excluding ortho intramolecular Hbond substituents is 1. The zero-order valence-corrected chi connectivity index (χ0v) is 13.8. The van der Waals surface area contributed by atoms with Gasteiger partial charge in [-0.1, -0.05) is 32.6 Å². The van der Waals surface area contributed by atoms with Gasteiger partial charge in [0.15, 0.2) is 0 Å². The smallest absolute Gasteiger partial charge is 0.350 e. The molecule has 1 aromatic heterocycles. The van der Waals surface area contributed by atoms with Crippen LogP contribution in [0.25, 0.3) is 11.0 Å². The predicted molar refractivity (Wildman–Crippen MR) is 91.0 cm³/mol. The molecule has 0 unspecified atom stereocenters. The molecule has 0 spiro atoms. The lowest BCUT2D eigenvalue weighted by Crippen LogP contribution is -2.03. The third-order valence-electron chi connectivity index (χ3n) is 4.27. The Morgan fingerprint density at radius 1 is 1.23 bits per heavy atom. The van der Waals surface area contributed by atoms with Gasteiger partial charge < -0.3 is 9.52 Å². The summed E-state index contributed by atoms with van der Waals surface area (Å²) < 4.78 is 5.43. The third-order valence-corrected chi connectivity index (χ3v) is 5.38. The lowest BCUT2D eigenvalue weighted by Gasteiger charge is -2.08. The molecule has 3 nitrogen and oxygen atoms in total. The number of aryl methyl sites for hydroxylation is 2. The second-order valence-electron chi connectivity index (χ2n) is 5.95. The molecular weight excluding hydrogens is 296 g/mol. The quantitative estimate of drug-likeness (QED) is 0.621. The summed E-state index contributed by atoms with van der Waals surface area (Å²) in [7, 11) is 0. The first kappa shape index (κ1) is 15.5. The van der Waals surface area contributed by atoms with Gasteiger partial charge >= 0.3 is 5.63 Å². The average Bonchev–Trinajstić information content (AvgIpc) is 2.96. The molecule has 118 valence electrons. The first-order valence-corrected chi connectivity index (χ1v) is 9.13. The second kappa shape index (κ2) is 6.78. The molecule has 2 heterocycles. The van der Waals surface area contributed by atoms with Crippen molar-refractivity contribution in [3.05, 3.63) is 33.7 Å². The lowest BCUT2D eigenvalue weighted by atomic mass is 10.0. The molecule has 22 heavy (non-hydrogen) atoms. The summed E-state index contributed by atoms with van der Waals surface area (Å²) in [4.78, 5) is 12.7. The number of thioether (sulfide) groups is 1. The van der Waals surface area contributed by atoms with Gasteiger partial charge in [-0.3, -0.25) is 0 Å². The summed E-state index contributed by atoms with van der Waals surface area (Å²) in [6.45, 7) is 2.21. The topological polar surface area (TPSA) is 50.4 Å². The molecule has 1 aromatic carbocycles. The zero-order chi connectivity index (χ0) is 15.5. The van der Waals surface area contributed by atoms with Crippen LogP contribution in [0.15, 0.2) is 26.2 Å². The van der Waals surface area contributed by atoms with Crippen molar-refractivity contribution in [2.24, 2.45) is 0 Å². The van der Waals surface area contributed by atoms with Gasteiger partial charge in [0.05, 0.1) is 10.3 Å². The minimum atomic E-state index is -0.260. The normalized spacial score (nSPS) is 13.7. The van der Waals surface area contributed by atoms with Crippen LogP contribution in [0.5, 0.6) is 5.75 Å². The first-order valence-electron chi connectivity index (χ1n) is 8.15. The number of rotatable bonds is 6. The lowest BCUT2D eigenvalue weighted by molar-refractivity contribution is 0.476. The molecule has 4 heteroatoms. The summed E-state index contributed by atoms with van der Waals surface area (Å²) >= 11 is 1.53. The van der Waals surface area contributed by atoms with Crippen molar-refractivity contribution >= 4 is 22.7 Å². The van der Waals surface area contributed by atoms with Crippen molar-refractivity contribution in [3.8, 4) is 5.75 Å². The third kappa shape index (κ3) is 3.02. The highest BCUT2D eigenvalue weighted by atomic mass is 32.2. The van der Waals surface area contributed by atoms with Crippen LogP contribution < -0.4 is 5.63 Å². The van der Waals surface area contributed by atoms with E-state index >= 15 is 0 Å². The molecule has 1 aliphatic heterocycles. The Morgan fingerprint density at radius 2 is 2.05 bits per heavy atom. The van der Waals surface area contributed by atoms with E-state index in [2.05, 4.69) is 6.92 Å². The van der Waals surface area contributed by atoms with E-state index in [0.29, 0.717) is 10.5 Å². The Kier molecular flexibility index (Phi) is 4.77. The molecule has 0 atom stereocenters. The van der Waals surface area contributed by atoms with Crippen LogP contribution in [0.3, 0.4) is 0 Å². The van der Waals surface area contributed by atoms with Crippen LogP contribution in [0.2, 0.25) is 0 Å². The van der Waals surface area contributed by atoms with Crippen LogP contribution >= 0.6 is 11.8 Å². The first-order chi connectivity index (χ1) is 10.7. The maximum absolute atomic E-state index is 12.0. The van der Waals surface area contributed by atoms with Crippen molar-refractivity contribution in [1.82, 2.24) is 0 Å². The number of phenols is 1. The summed E-state index contributed by atoms with van der Waals surface area (Å²) in [6.07, 6.45) is 7.84. The molecule has 0 bridgehead atoms. The fourth-order valence-electron chi connectivity index (χ4n) is 3.14. The molecule has 0 saturated carbocycles. The maximum Gasteiger partial charge on any atom is 0.350 e. The van der Waals surface area contributed by atoms with E-state index < -0.39 is 0 Å². The monoisotopic (exact) mass is 318 g/mol. The summed E-state index contributed by atoms with van der Waals surface area (Å²) in [5.41, 5.74) is 2.29. The number of aromatic hydroxyl groups is 1. The predicted octanol–water partition coefficient (Wildman–Crippen LogP) is 4.66. The van der Waals surface area contributed by atoms with E-state index in [4.69, 9.17) is 4.42 Å². The average molecular weight is 318 g/mol. The minimum absolute atomic E-state index is 0.253. The largest absolute Gasteiger partial charge is 0.507 e. The molecule has 0 aliphatic carbocycles. The maximum atomic E-state index is 12.0. The SMILES string of the molecule is CCCCCCCc1cc(O)c2c3c(c(=O)oc2c1)SCC3. The van der Waals surface area contributed by atoms with Crippen molar-refractivity contribution in [1.29, 1.82) is 0 Å². The van der Waals surface area contributed by atoms with Gasteiger partial charge in [0.1, 0.15) is 11.3 Å². The number of benzene rings is 1. The van der Waals surface area contributed by atoms with Crippen LogP contribution in [-0.2, 0) is 12.8 Å². The minimum Gasteiger partial charge on any atom is -0.507 e. The summed E-state index contributed by atoms with van der Waals surface area (Å²) in [6, 6.07) is 3.77. The molecular formula is C18H22O3S. The highest BCUT2D eigenvalue weighted by molar-refractivity contribution is 7.99. The van der Waals surface area contributed by atoms with Gasteiger partial charge in [0.2, 0.25) is 0 Å². The van der Waals surface area contributed by atoms with Gasteiger partial charge in [-0.15, -0.1) is 11.8 Å². The number of fused-ring (bicyclic) bond motifs is 3. The van der Waals surface area contributed by atoms with Crippen LogP contribution in [0.1, 0.15) is 50.2 Å². The van der Waals surface area contributed by atoms with Gasteiger partial charge in [0, 0.05) is 5.75 Å². The van der Waals surface area contributed by atoms with Crippen LogP contribution in [0.4, 0.5) is 0 Å². The molecule has 0 amide bonds. The number of hydrogen-bond acceptors (Lipinski definition) is 4. The zero-order valence-electron chi connectivity index (χ0n) is 13.0. The van der Waals surface area contributed by atoms with E-state index in [1.807, 2.05) is 12.1 Å². The molecule has 3 rings (SSSR count). The standard InChI is InChI=1S/C18H22O3S/c1-2-3-4-5-6-7-12-10-14(19)16-13-8-9-22-17(13)18(20)21-15(16)11-12/h10-11,19H,2-9H2,1H3. The van der Waals surface area contributed by atoms with Crippen molar-refractivity contribution < 1.29 is 9.52 Å². The Balaban J connectivity index is 1.86. The van der Waals surface area contributed by atoms with Crippen LogP contribution in [0, 0.1) is 0 Å². The molecule has 1 N–H and O–H groups in total. The Hall–Kier alpha value is -1.42. The van der Waals surface area contributed by atoms with Gasteiger partial charge in [-0.25, -0.2) is 4.79 Å². The fraction of sp³-hybridized carbons (Fsp3) is 0.500. The number of hydrogen-bond donors (Lipinski definition) is 1. The Bertz CT molecular complexity index is 733. The van der Waals surface area contributed by atoms with Crippen molar-refractivity contribution in [2.75, 3.05) is 5.75 Å². The molecule has 0 saturated heterocycles. The van der Waals surface area contributed by atoms with Gasteiger partial charge in [-0.05, 0) is 42.5 Å². The second-order valence-corrected chi connectivity index (χ2v) is 7.05. The van der Waals surface area contributed by atoms with Gasteiger partial charge in [-0.2, -0.15) is 0 Å². The Labute approximate surface area is 134 Å². The molecule has 1 aliphatic rings. The molecule has 0 fully saturated rings. The van der Waals surface area contributed by atoms with E-state index in [1.165, 1.54) is 37.4 Å². The highest BCUT2D eigenvalue weighted by Gasteiger charge is 2.22.